The summed E-state index contributed by atoms with van der Waals surface area (Å²) in [5.74, 6) is 0.300. The van der Waals surface area contributed by atoms with Gasteiger partial charge in [0.15, 0.2) is 0 Å². The van der Waals surface area contributed by atoms with Crippen LogP contribution >= 0.6 is 11.6 Å². The van der Waals surface area contributed by atoms with Gasteiger partial charge < -0.3 is 5.11 Å². The number of benzene rings is 1. The van der Waals surface area contributed by atoms with E-state index in [-0.39, 0.29) is 6.10 Å². The van der Waals surface area contributed by atoms with Crippen molar-refractivity contribution in [3.8, 4) is 0 Å². The van der Waals surface area contributed by atoms with Crippen LogP contribution in [0.2, 0.25) is 5.02 Å². The van der Waals surface area contributed by atoms with E-state index in [9.17, 15) is 5.11 Å². The number of hydrogen-bond donors (Lipinski definition) is 1. The maximum Gasteiger partial charge on any atom is 0.0608 e. The van der Waals surface area contributed by atoms with Gasteiger partial charge in [-0.3, -0.25) is 0 Å². The van der Waals surface area contributed by atoms with E-state index in [1.165, 1.54) is 11.1 Å². The van der Waals surface area contributed by atoms with Crippen LogP contribution in [0.3, 0.4) is 0 Å². The molecule has 1 fully saturated rings. The average Bonchev–Trinajstić information content (AvgIpc) is 2.56. The second-order valence-electron chi connectivity index (χ2n) is 4.11. The van der Waals surface area contributed by atoms with Crippen LogP contribution in [0.4, 0.5) is 0 Å². The summed E-state index contributed by atoms with van der Waals surface area (Å²) >= 11 is 5.96. The maximum atomic E-state index is 9.81. The molecule has 0 aliphatic heterocycles. The van der Waals surface area contributed by atoms with Crippen LogP contribution in [0.15, 0.2) is 18.2 Å². The molecular weight excluding hydrogens is 196 g/mol. The Labute approximate surface area is 89.7 Å². The highest BCUT2D eigenvalue weighted by atomic mass is 35.5. The van der Waals surface area contributed by atoms with Gasteiger partial charge in [-0.25, -0.2) is 0 Å². The molecule has 2 rings (SSSR count). The fourth-order valence-electron chi connectivity index (χ4n) is 2.31. The van der Waals surface area contributed by atoms with E-state index in [1.807, 2.05) is 18.2 Å². The summed E-state index contributed by atoms with van der Waals surface area (Å²) in [4.78, 5) is 0. The minimum atomic E-state index is -0.174. The monoisotopic (exact) mass is 210 g/mol. The standard InChI is InChI=1S/C12H15ClO/c1-8-5-6-9(13)7-11(8)10-3-2-4-12(10)14/h5-7,10,12,14H,2-4H2,1H3/t10-,12+/m1/s1. The molecule has 0 radical (unpaired) electrons. The summed E-state index contributed by atoms with van der Waals surface area (Å²) in [5, 5.41) is 10.6. The Morgan fingerprint density at radius 1 is 1.36 bits per heavy atom. The highest BCUT2D eigenvalue weighted by molar-refractivity contribution is 6.30. The van der Waals surface area contributed by atoms with Crippen molar-refractivity contribution in [2.75, 3.05) is 0 Å². The highest BCUT2D eigenvalue weighted by Crippen LogP contribution is 2.36. The molecule has 1 aliphatic carbocycles. The van der Waals surface area contributed by atoms with E-state index in [0.717, 1.165) is 24.3 Å². The van der Waals surface area contributed by atoms with E-state index in [1.54, 1.807) is 0 Å². The van der Waals surface area contributed by atoms with Crippen molar-refractivity contribution >= 4 is 11.6 Å². The molecule has 0 amide bonds. The fraction of sp³-hybridized carbons (Fsp3) is 0.500. The van der Waals surface area contributed by atoms with Gasteiger partial charge in [0, 0.05) is 10.9 Å². The molecule has 2 heteroatoms. The number of aliphatic hydroxyl groups excluding tert-OH is 1. The van der Waals surface area contributed by atoms with E-state index in [0.29, 0.717) is 5.92 Å². The first-order chi connectivity index (χ1) is 6.68. The molecule has 0 saturated heterocycles. The van der Waals surface area contributed by atoms with Gasteiger partial charge in [0.1, 0.15) is 0 Å². The normalized spacial score (nSPS) is 26.8. The predicted octanol–water partition coefficient (Wildman–Crippen LogP) is 3.28. The first kappa shape index (κ1) is 10.0. The van der Waals surface area contributed by atoms with E-state index in [4.69, 9.17) is 11.6 Å². The zero-order valence-corrected chi connectivity index (χ0v) is 9.09. The van der Waals surface area contributed by atoms with E-state index < -0.39 is 0 Å². The van der Waals surface area contributed by atoms with Crippen LogP contribution in [0.25, 0.3) is 0 Å². The topological polar surface area (TPSA) is 20.2 Å². The van der Waals surface area contributed by atoms with Gasteiger partial charge in [-0.1, -0.05) is 24.1 Å². The number of aryl methyl sites for hydroxylation is 1. The van der Waals surface area contributed by atoms with Crippen LogP contribution in [-0.4, -0.2) is 11.2 Å². The van der Waals surface area contributed by atoms with Crippen molar-refractivity contribution in [1.82, 2.24) is 0 Å². The van der Waals surface area contributed by atoms with Gasteiger partial charge in [-0.15, -0.1) is 0 Å². The van der Waals surface area contributed by atoms with Crippen molar-refractivity contribution in [2.45, 2.75) is 38.2 Å². The fourth-order valence-corrected chi connectivity index (χ4v) is 2.49. The lowest BCUT2D eigenvalue weighted by Gasteiger charge is -2.17. The first-order valence-corrected chi connectivity index (χ1v) is 5.50. The molecule has 1 nitrogen and oxygen atoms in total. The SMILES string of the molecule is Cc1ccc(Cl)cc1[C@H]1CCC[C@@H]1O. The van der Waals surface area contributed by atoms with Crippen LogP contribution in [0, 0.1) is 6.92 Å². The third-order valence-electron chi connectivity index (χ3n) is 3.12. The quantitative estimate of drug-likeness (QED) is 0.755. The Bertz CT molecular complexity index is 335. The lowest BCUT2D eigenvalue weighted by Crippen LogP contribution is -2.12. The second kappa shape index (κ2) is 3.92. The molecule has 1 saturated carbocycles. The first-order valence-electron chi connectivity index (χ1n) is 5.12. The molecule has 1 aromatic carbocycles. The van der Waals surface area contributed by atoms with Crippen molar-refractivity contribution < 1.29 is 5.11 Å². The van der Waals surface area contributed by atoms with Gasteiger partial charge in [0.2, 0.25) is 0 Å². The third-order valence-corrected chi connectivity index (χ3v) is 3.36. The van der Waals surface area contributed by atoms with Crippen molar-refractivity contribution in [3.05, 3.63) is 34.3 Å². The summed E-state index contributed by atoms with van der Waals surface area (Å²) in [6.45, 7) is 2.08. The Morgan fingerprint density at radius 2 is 2.14 bits per heavy atom. The summed E-state index contributed by atoms with van der Waals surface area (Å²) < 4.78 is 0. The van der Waals surface area contributed by atoms with Gasteiger partial charge in [0.25, 0.3) is 0 Å². The van der Waals surface area contributed by atoms with Gasteiger partial charge in [-0.05, 0) is 43.0 Å². The summed E-state index contributed by atoms with van der Waals surface area (Å²) in [7, 11) is 0. The van der Waals surface area contributed by atoms with Crippen LogP contribution in [0.5, 0.6) is 0 Å². The van der Waals surface area contributed by atoms with E-state index in [2.05, 4.69) is 6.92 Å². The summed E-state index contributed by atoms with van der Waals surface area (Å²) in [6, 6.07) is 5.93. The minimum Gasteiger partial charge on any atom is -0.392 e. The Hall–Kier alpha value is -0.530. The lowest BCUT2D eigenvalue weighted by molar-refractivity contribution is 0.163. The molecule has 0 spiro atoms. The zero-order chi connectivity index (χ0) is 10.1. The van der Waals surface area contributed by atoms with Crippen molar-refractivity contribution in [2.24, 2.45) is 0 Å². The molecule has 0 aromatic heterocycles. The Morgan fingerprint density at radius 3 is 2.79 bits per heavy atom. The summed E-state index contributed by atoms with van der Waals surface area (Å²) in [6.07, 6.45) is 2.96. The molecule has 14 heavy (non-hydrogen) atoms. The molecule has 1 aromatic rings. The van der Waals surface area contributed by atoms with Crippen LogP contribution < -0.4 is 0 Å². The minimum absolute atomic E-state index is 0.174. The molecule has 1 N–H and O–H groups in total. The largest absolute Gasteiger partial charge is 0.392 e. The second-order valence-corrected chi connectivity index (χ2v) is 4.54. The molecule has 1 aliphatic rings. The number of rotatable bonds is 1. The average molecular weight is 211 g/mol. The van der Waals surface area contributed by atoms with Gasteiger partial charge in [-0.2, -0.15) is 0 Å². The van der Waals surface area contributed by atoms with Gasteiger partial charge >= 0.3 is 0 Å². The van der Waals surface area contributed by atoms with E-state index >= 15 is 0 Å². The Kier molecular flexibility index (Phi) is 2.80. The number of hydrogen-bond acceptors (Lipinski definition) is 1. The molecular formula is C12H15ClO. The summed E-state index contributed by atoms with van der Waals surface area (Å²) in [5.41, 5.74) is 2.46. The number of aliphatic hydroxyl groups is 1. The zero-order valence-electron chi connectivity index (χ0n) is 8.33. The molecule has 2 atom stereocenters. The lowest BCUT2D eigenvalue weighted by atomic mass is 9.92. The smallest absolute Gasteiger partial charge is 0.0608 e. The highest BCUT2D eigenvalue weighted by Gasteiger charge is 2.27. The van der Waals surface area contributed by atoms with Crippen LogP contribution in [-0.2, 0) is 0 Å². The Balaban J connectivity index is 2.34. The number of halogens is 1. The molecule has 0 heterocycles. The van der Waals surface area contributed by atoms with Gasteiger partial charge in [0.05, 0.1) is 6.10 Å². The predicted molar refractivity (Wildman–Crippen MR) is 58.8 cm³/mol. The molecule has 0 unspecified atom stereocenters. The molecule has 0 bridgehead atoms. The van der Waals surface area contributed by atoms with Crippen molar-refractivity contribution in [1.29, 1.82) is 0 Å². The third kappa shape index (κ3) is 1.79. The van der Waals surface area contributed by atoms with Crippen LogP contribution in [0.1, 0.15) is 36.3 Å². The van der Waals surface area contributed by atoms with Crippen molar-refractivity contribution in [3.63, 3.8) is 0 Å². The maximum absolute atomic E-state index is 9.81. The molecule has 76 valence electrons.